The second kappa shape index (κ2) is 9.60. The molecule has 28 heavy (non-hydrogen) atoms. The molecule has 2 aromatic carbocycles. The summed E-state index contributed by atoms with van der Waals surface area (Å²) in [6, 6.07) is 16.2. The minimum Gasteiger partial charge on any atom is -0.497 e. The van der Waals surface area contributed by atoms with Gasteiger partial charge in [-0.1, -0.05) is 29.8 Å². The molecule has 1 heterocycles. The summed E-state index contributed by atoms with van der Waals surface area (Å²) in [6.45, 7) is 6.67. The van der Waals surface area contributed by atoms with Gasteiger partial charge >= 0.3 is 0 Å². The third kappa shape index (κ3) is 5.73. The van der Waals surface area contributed by atoms with Crippen LogP contribution in [0.3, 0.4) is 0 Å². The zero-order chi connectivity index (χ0) is 19.9. The second-order valence-corrected chi connectivity index (χ2v) is 7.48. The molecule has 1 amide bonds. The monoisotopic (exact) mass is 382 g/mol. The fourth-order valence-electron chi connectivity index (χ4n) is 3.46. The van der Waals surface area contributed by atoms with Gasteiger partial charge in [-0.15, -0.1) is 0 Å². The normalized spacial score (nSPS) is 16.4. The number of rotatable bonds is 7. The van der Waals surface area contributed by atoms with Crippen LogP contribution in [0.2, 0.25) is 0 Å². The lowest BCUT2D eigenvalue weighted by Gasteiger charge is -2.33. The molecule has 1 unspecified atom stereocenters. The minimum atomic E-state index is -0.502. The number of carbonyl (C=O) groups is 1. The number of aryl methyl sites for hydroxylation is 1. The first kappa shape index (κ1) is 20.2. The molecule has 3 rings (SSSR count). The fourth-order valence-corrected chi connectivity index (χ4v) is 3.46. The van der Waals surface area contributed by atoms with E-state index in [1.807, 2.05) is 43.3 Å². The summed E-state index contributed by atoms with van der Waals surface area (Å²) in [4.78, 5) is 14.9. The highest BCUT2D eigenvalue weighted by atomic mass is 16.5. The molecular weight excluding hydrogens is 352 g/mol. The van der Waals surface area contributed by atoms with Gasteiger partial charge in [-0.3, -0.25) is 9.69 Å². The number of nitrogens with zero attached hydrogens (tertiary/aromatic N) is 1. The van der Waals surface area contributed by atoms with Crippen LogP contribution in [0.4, 0.5) is 0 Å². The van der Waals surface area contributed by atoms with E-state index in [4.69, 9.17) is 9.47 Å². The Kier molecular flexibility index (Phi) is 6.93. The van der Waals surface area contributed by atoms with Gasteiger partial charge in [-0.05, 0) is 56.5 Å². The van der Waals surface area contributed by atoms with E-state index in [1.165, 1.54) is 11.1 Å². The van der Waals surface area contributed by atoms with Gasteiger partial charge in [0.05, 0.1) is 7.11 Å². The summed E-state index contributed by atoms with van der Waals surface area (Å²) in [6.07, 6.45) is 1.40. The lowest BCUT2D eigenvalue weighted by Crippen LogP contribution is -2.47. The molecule has 0 aliphatic carbocycles. The van der Waals surface area contributed by atoms with Crippen molar-refractivity contribution in [3.05, 3.63) is 59.7 Å². The number of piperidine rings is 1. The van der Waals surface area contributed by atoms with E-state index < -0.39 is 6.10 Å². The zero-order valence-electron chi connectivity index (χ0n) is 17.0. The smallest absolute Gasteiger partial charge is 0.260 e. The first-order valence-electron chi connectivity index (χ1n) is 9.92. The van der Waals surface area contributed by atoms with Crippen molar-refractivity contribution >= 4 is 5.91 Å². The molecule has 5 heteroatoms. The van der Waals surface area contributed by atoms with E-state index in [1.54, 1.807) is 14.0 Å². The maximum atomic E-state index is 12.5. The summed E-state index contributed by atoms with van der Waals surface area (Å²) in [5.41, 5.74) is 2.42. The molecule has 0 saturated carbocycles. The van der Waals surface area contributed by atoms with E-state index in [0.29, 0.717) is 0 Å². The third-order valence-electron chi connectivity index (χ3n) is 5.18. The van der Waals surface area contributed by atoms with E-state index in [0.717, 1.165) is 44.0 Å². The molecule has 1 atom stereocenters. The summed E-state index contributed by atoms with van der Waals surface area (Å²) in [5, 5.41) is 3.14. The van der Waals surface area contributed by atoms with Gasteiger partial charge in [0, 0.05) is 25.7 Å². The largest absolute Gasteiger partial charge is 0.497 e. The number of nitrogens with one attached hydrogen (secondary N) is 1. The molecule has 1 aliphatic heterocycles. The van der Waals surface area contributed by atoms with Crippen LogP contribution in [0.5, 0.6) is 11.5 Å². The van der Waals surface area contributed by atoms with E-state index >= 15 is 0 Å². The average molecular weight is 383 g/mol. The number of amides is 1. The number of likely N-dealkylation sites (tertiary alicyclic amines) is 1. The molecule has 150 valence electrons. The Balaban J connectivity index is 1.43. The SMILES string of the molecule is COc1cccc(CN2CCC(NC(=O)C(C)Oc3ccc(C)cc3)CC2)c1. The van der Waals surface area contributed by atoms with E-state index in [2.05, 4.69) is 22.3 Å². The van der Waals surface area contributed by atoms with E-state index in [9.17, 15) is 4.79 Å². The zero-order valence-corrected chi connectivity index (χ0v) is 17.0. The van der Waals surface area contributed by atoms with Crippen molar-refractivity contribution < 1.29 is 14.3 Å². The highest BCUT2D eigenvalue weighted by Gasteiger charge is 2.23. The highest BCUT2D eigenvalue weighted by Crippen LogP contribution is 2.18. The molecule has 1 fully saturated rings. The molecule has 2 aromatic rings. The van der Waals surface area contributed by atoms with Gasteiger partial charge < -0.3 is 14.8 Å². The van der Waals surface area contributed by atoms with Crippen LogP contribution in [0.25, 0.3) is 0 Å². The Morgan fingerprint density at radius 3 is 2.54 bits per heavy atom. The Labute approximate surface area is 167 Å². The van der Waals surface area contributed by atoms with Crippen molar-refractivity contribution in [1.29, 1.82) is 0 Å². The predicted molar refractivity (Wildman–Crippen MR) is 111 cm³/mol. The van der Waals surface area contributed by atoms with Crippen molar-refractivity contribution in [2.45, 2.75) is 45.4 Å². The van der Waals surface area contributed by atoms with Crippen LogP contribution < -0.4 is 14.8 Å². The van der Waals surface area contributed by atoms with Gasteiger partial charge in [0.1, 0.15) is 11.5 Å². The van der Waals surface area contributed by atoms with Gasteiger partial charge in [0.25, 0.3) is 5.91 Å². The van der Waals surface area contributed by atoms with Gasteiger partial charge in [0.2, 0.25) is 0 Å². The minimum absolute atomic E-state index is 0.0492. The second-order valence-electron chi connectivity index (χ2n) is 7.48. The first-order valence-corrected chi connectivity index (χ1v) is 9.92. The van der Waals surface area contributed by atoms with Crippen LogP contribution in [-0.2, 0) is 11.3 Å². The molecule has 1 saturated heterocycles. The lowest BCUT2D eigenvalue weighted by molar-refractivity contribution is -0.128. The number of hydrogen-bond donors (Lipinski definition) is 1. The number of hydrogen-bond acceptors (Lipinski definition) is 4. The fraction of sp³-hybridized carbons (Fsp3) is 0.435. The first-order chi connectivity index (χ1) is 13.5. The van der Waals surface area contributed by atoms with E-state index in [-0.39, 0.29) is 11.9 Å². The van der Waals surface area contributed by atoms with Gasteiger partial charge in [-0.25, -0.2) is 0 Å². The predicted octanol–water partition coefficient (Wildman–Crippen LogP) is 3.55. The maximum Gasteiger partial charge on any atom is 0.260 e. The molecular formula is C23H30N2O3. The van der Waals surface area contributed by atoms with Crippen molar-refractivity contribution in [3.8, 4) is 11.5 Å². The number of benzene rings is 2. The number of ether oxygens (including phenoxy) is 2. The van der Waals surface area contributed by atoms with Gasteiger partial charge in [-0.2, -0.15) is 0 Å². The quantitative estimate of drug-likeness (QED) is 0.796. The highest BCUT2D eigenvalue weighted by molar-refractivity contribution is 5.81. The summed E-state index contributed by atoms with van der Waals surface area (Å²) in [5.74, 6) is 1.57. The number of methoxy groups -OCH3 is 1. The topological polar surface area (TPSA) is 50.8 Å². The molecule has 0 spiro atoms. The molecule has 0 aromatic heterocycles. The molecule has 1 aliphatic rings. The maximum absolute atomic E-state index is 12.5. The summed E-state index contributed by atoms with van der Waals surface area (Å²) < 4.78 is 11.1. The van der Waals surface area contributed by atoms with Crippen LogP contribution in [0.15, 0.2) is 48.5 Å². The lowest BCUT2D eigenvalue weighted by atomic mass is 10.0. The molecule has 1 N–H and O–H groups in total. The van der Waals surface area contributed by atoms with Crippen LogP contribution in [0, 0.1) is 6.92 Å². The Hall–Kier alpha value is -2.53. The molecule has 0 bridgehead atoms. The standard InChI is InChI=1S/C23H30N2O3/c1-17-7-9-21(10-8-17)28-18(2)23(26)24-20-11-13-25(14-12-20)16-19-5-4-6-22(15-19)27-3/h4-10,15,18,20H,11-14,16H2,1-3H3,(H,24,26). The van der Waals surface area contributed by atoms with Crippen LogP contribution in [0.1, 0.15) is 30.9 Å². The van der Waals surface area contributed by atoms with Crippen molar-refractivity contribution in [3.63, 3.8) is 0 Å². The molecule has 5 nitrogen and oxygen atoms in total. The van der Waals surface area contributed by atoms with Crippen LogP contribution in [-0.4, -0.2) is 43.2 Å². The molecule has 0 radical (unpaired) electrons. The third-order valence-corrected chi connectivity index (χ3v) is 5.18. The van der Waals surface area contributed by atoms with Crippen molar-refractivity contribution in [1.82, 2.24) is 10.2 Å². The summed E-state index contributed by atoms with van der Waals surface area (Å²) >= 11 is 0. The van der Waals surface area contributed by atoms with Crippen molar-refractivity contribution in [2.24, 2.45) is 0 Å². The average Bonchev–Trinajstić information content (AvgIpc) is 2.71. The number of carbonyl (C=O) groups excluding carboxylic acids is 1. The summed E-state index contributed by atoms with van der Waals surface area (Å²) in [7, 11) is 1.69. The Morgan fingerprint density at radius 1 is 1.14 bits per heavy atom. The van der Waals surface area contributed by atoms with Crippen LogP contribution >= 0.6 is 0 Å². The van der Waals surface area contributed by atoms with Gasteiger partial charge in [0.15, 0.2) is 6.10 Å². The Bertz CT molecular complexity index is 768. The van der Waals surface area contributed by atoms with Crippen molar-refractivity contribution in [2.75, 3.05) is 20.2 Å². The Morgan fingerprint density at radius 2 is 1.86 bits per heavy atom.